The van der Waals surface area contributed by atoms with Crippen LogP contribution in [-0.4, -0.2) is 37.4 Å². The second-order valence-electron chi connectivity index (χ2n) is 6.86. The van der Waals surface area contributed by atoms with Gasteiger partial charge in [-0.1, -0.05) is 42.5 Å². The Morgan fingerprint density at radius 2 is 1.58 bits per heavy atom. The zero-order valence-corrected chi connectivity index (χ0v) is 18.2. The lowest BCUT2D eigenvalue weighted by Crippen LogP contribution is -2.27. The number of ether oxygens (including phenoxy) is 3. The molecule has 0 saturated carbocycles. The number of carbonyl (C=O) groups is 2. The highest BCUT2D eigenvalue weighted by molar-refractivity contribution is 8.18. The highest BCUT2D eigenvalue weighted by Gasteiger charge is 2.35. The minimum absolute atomic E-state index is 0.221. The third-order valence-corrected chi connectivity index (χ3v) is 5.97. The van der Waals surface area contributed by atoms with Gasteiger partial charge in [0.2, 0.25) is 5.75 Å². The molecule has 0 N–H and O–H groups in total. The van der Waals surface area contributed by atoms with Crippen LogP contribution < -0.4 is 14.2 Å². The van der Waals surface area contributed by atoms with E-state index < -0.39 is 0 Å². The van der Waals surface area contributed by atoms with E-state index in [4.69, 9.17) is 14.2 Å². The number of hydrogen-bond acceptors (Lipinski definition) is 6. The van der Waals surface area contributed by atoms with Crippen LogP contribution in [0.3, 0.4) is 0 Å². The van der Waals surface area contributed by atoms with E-state index in [1.54, 1.807) is 18.2 Å². The molecule has 1 fully saturated rings. The minimum atomic E-state index is -0.323. The van der Waals surface area contributed by atoms with Crippen molar-refractivity contribution in [2.24, 2.45) is 0 Å². The highest BCUT2D eigenvalue weighted by atomic mass is 32.2. The summed E-state index contributed by atoms with van der Waals surface area (Å²) in [5.41, 5.74) is 1.60. The molecule has 158 valence electrons. The van der Waals surface area contributed by atoms with E-state index in [1.165, 1.54) is 26.2 Å². The molecular formula is C24H21NO5S. The summed E-state index contributed by atoms with van der Waals surface area (Å²) in [5.74, 6) is 1.09. The topological polar surface area (TPSA) is 65.1 Å². The van der Waals surface area contributed by atoms with Crippen LogP contribution in [0.4, 0.5) is 4.79 Å². The van der Waals surface area contributed by atoms with Gasteiger partial charge in [-0.25, -0.2) is 0 Å². The summed E-state index contributed by atoms with van der Waals surface area (Å²) < 4.78 is 16.1. The fourth-order valence-corrected chi connectivity index (χ4v) is 4.41. The summed E-state index contributed by atoms with van der Waals surface area (Å²) in [6.07, 6.45) is 1.67. The van der Waals surface area contributed by atoms with Gasteiger partial charge in [-0.05, 0) is 51.9 Å². The Kier molecular flexibility index (Phi) is 5.86. The number of rotatable bonds is 6. The molecule has 0 atom stereocenters. The summed E-state index contributed by atoms with van der Waals surface area (Å²) in [7, 11) is 4.58. The van der Waals surface area contributed by atoms with Gasteiger partial charge in [-0.3, -0.25) is 14.5 Å². The van der Waals surface area contributed by atoms with Gasteiger partial charge in [-0.2, -0.15) is 0 Å². The number of amides is 2. The summed E-state index contributed by atoms with van der Waals surface area (Å²) in [5, 5.41) is 1.80. The molecule has 1 saturated heterocycles. The number of imide groups is 1. The Balaban J connectivity index is 1.65. The number of fused-ring (bicyclic) bond motifs is 1. The van der Waals surface area contributed by atoms with Crippen LogP contribution in [0.15, 0.2) is 59.5 Å². The van der Waals surface area contributed by atoms with E-state index in [2.05, 4.69) is 0 Å². The van der Waals surface area contributed by atoms with Crippen molar-refractivity contribution in [1.82, 2.24) is 4.90 Å². The SMILES string of the molecule is COc1cc(/C=C2/SC(=O)N(Cc3cccc4ccccc34)C2=O)cc(OC)c1OC. The van der Waals surface area contributed by atoms with Crippen molar-refractivity contribution in [2.45, 2.75) is 6.54 Å². The summed E-state index contributed by atoms with van der Waals surface area (Å²) in [4.78, 5) is 27.3. The number of nitrogens with zero attached hydrogens (tertiary/aromatic N) is 1. The zero-order chi connectivity index (χ0) is 22.0. The first-order chi connectivity index (χ1) is 15.0. The number of benzene rings is 3. The van der Waals surface area contributed by atoms with Crippen LogP contribution >= 0.6 is 11.8 Å². The van der Waals surface area contributed by atoms with Crippen LogP contribution in [0.25, 0.3) is 16.8 Å². The number of thioether (sulfide) groups is 1. The Morgan fingerprint density at radius 3 is 2.26 bits per heavy atom. The maximum absolute atomic E-state index is 13.0. The molecule has 0 radical (unpaired) electrons. The predicted octanol–water partition coefficient (Wildman–Crippen LogP) is 5.10. The van der Waals surface area contributed by atoms with Gasteiger partial charge in [0.1, 0.15) is 0 Å². The van der Waals surface area contributed by atoms with Gasteiger partial charge < -0.3 is 14.2 Å². The van der Waals surface area contributed by atoms with Crippen molar-refractivity contribution in [2.75, 3.05) is 21.3 Å². The number of methoxy groups -OCH3 is 3. The Hall–Kier alpha value is -3.45. The average molecular weight is 436 g/mol. The van der Waals surface area contributed by atoms with E-state index in [-0.39, 0.29) is 17.7 Å². The molecule has 7 heteroatoms. The van der Waals surface area contributed by atoms with E-state index in [9.17, 15) is 9.59 Å². The molecule has 3 aromatic carbocycles. The maximum atomic E-state index is 13.0. The molecule has 0 aromatic heterocycles. The molecule has 0 bridgehead atoms. The van der Waals surface area contributed by atoms with E-state index in [0.29, 0.717) is 27.7 Å². The number of hydrogen-bond donors (Lipinski definition) is 0. The van der Waals surface area contributed by atoms with E-state index in [1.807, 2.05) is 42.5 Å². The third-order valence-electron chi connectivity index (χ3n) is 5.07. The van der Waals surface area contributed by atoms with Gasteiger partial charge >= 0.3 is 0 Å². The molecule has 0 unspecified atom stereocenters. The largest absolute Gasteiger partial charge is 0.493 e. The van der Waals surface area contributed by atoms with Gasteiger partial charge in [0, 0.05) is 0 Å². The molecule has 0 aliphatic carbocycles. The normalized spacial score (nSPS) is 15.1. The van der Waals surface area contributed by atoms with E-state index >= 15 is 0 Å². The van der Waals surface area contributed by atoms with Crippen molar-refractivity contribution >= 4 is 39.8 Å². The maximum Gasteiger partial charge on any atom is 0.293 e. The monoisotopic (exact) mass is 435 g/mol. The number of carbonyl (C=O) groups excluding carboxylic acids is 2. The fourth-order valence-electron chi connectivity index (χ4n) is 3.57. The van der Waals surface area contributed by atoms with E-state index in [0.717, 1.165) is 28.1 Å². The lowest BCUT2D eigenvalue weighted by molar-refractivity contribution is -0.123. The molecule has 6 nitrogen and oxygen atoms in total. The summed E-state index contributed by atoms with van der Waals surface area (Å²) in [6, 6.07) is 17.3. The zero-order valence-electron chi connectivity index (χ0n) is 17.4. The second kappa shape index (κ2) is 8.73. The van der Waals surface area contributed by atoms with Crippen LogP contribution in [0.1, 0.15) is 11.1 Å². The van der Waals surface area contributed by atoms with Crippen LogP contribution in [0.5, 0.6) is 17.2 Å². The minimum Gasteiger partial charge on any atom is -0.493 e. The first kappa shape index (κ1) is 20.8. The quantitative estimate of drug-likeness (QED) is 0.502. The van der Waals surface area contributed by atoms with Crippen molar-refractivity contribution < 1.29 is 23.8 Å². The van der Waals surface area contributed by atoms with Crippen LogP contribution in [-0.2, 0) is 11.3 Å². The smallest absolute Gasteiger partial charge is 0.293 e. The first-order valence-electron chi connectivity index (χ1n) is 9.57. The predicted molar refractivity (Wildman–Crippen MR) is 122 cm³/mol. The average Bonchev–Trinajstić information content (AvgIpc) is 3.05. The summed E-state index contributed by atoms with van der Waals surface area (Å²) >= 11 is 0.924. The van der Waals surface area contributed by atoms with Gasteiger partial charge in [-0.15, -0.1) is 0 Å². The molecule has 3 aromatic rings. The van der Waals surface area contributed by atoms with Gasteiger partial charge in [0.05, 0.1) is 32.8 Å². The Bertz CT molecular complexity index is 1170. The van der Waals surface area contributed by atoms with Crippen molar-refractivity contribution in [3.05, 3.63) is 70.6 Å². The third kappa shape index (κ3) is 3.96. The standard InChI is InChI=1S/C24H21NO5S/c1-28-19-11-15(12-20(29-2)22(19)30-3)13-21-23(26)25(24(27)31-21)14-17-9-6-8-16-7-4-5-10-18(16)17/h4-13H,14H2,1-3H3/b21-13+. The lowest BCUT2D eigenvalue weighted by atomic mass is 10.0. The lowest BCUT2D eigenvalue weighted by Gasteiger charge is -2.14. The Morgan fingerprint density at radius 1 is 0.903 bits per heavy atom. The molecule has 2 amide bonds. The van der Waals surface area contributed by atoms with Crippen LogP contribution in [0, 0.1) is 0 Å². The van der Waals surface area contributed by atoms with Gasteiger partial charge in [0.25, 0.3) is 11.1 Å². The molecule has 31 heavy (non-hydrogen) atoms. The second-order valence-corrected chi connectivity index (χ2v) is 7.86. The van der Waals surface area contributed by atoms with Crippen molar-refractivity contribution in [3.8, 4) is 17.2 Å². The van der Waals surface area contributed by atoms with Crippen molar-refractivity contribution in [3.63, 3.8) is 0 Å². The summed E-state index contributed by atoms with van der Waals surface area (Å²) in [6.45, 7) is 0.221. The van der Waals surface area contributed by atoms with Crippen molar-refractivity contribution in [1.29, 1.82) is 0 Å². The van der Waals surface area contributed by atoms with Gasteiger partial charge in [0.15, 0.2) is 11.5 Å². The molecule has 1 aliphatic heterocycles. The highest BCUT2D eigenvalue weighted by Crippen LogP contribution is 2.40. The van der Waals surface area contributed by atoms with Crippen LogP contribution in [0.2, 0.25) is 0 Å². The molecule has 1 heterocycles. The molecule has 0 spiro atoms. The fraction of sp³-hybridized carbons (Fsp3) is 0.167. The molecule has 4 rings (SSSR count). The Labute approximate surface area is 184 Å². The molecular weight excluding hydrogens is 414 g/mol. The molecule has 1 aliphatic rings. The first-order valence-corrected chi connectivity index (χ1v) is 10.4.